The molecule has 1 saturated heterocycles. The summed E-state index contributed by atoms with van der Waals surface area (Å²) in [6.07, 6.45) is 0.918. The van der Waals surface area contributed by atoms with Crippen molar-refractivity contribution in [1.29, 1.82) is 0 Å². The second-order valence-electron chi connectivity index (χ2n) is 7.08. The number of nitrogens with one attached hydrogen (secondary N) is 1. The van der Waals surface area contributed by atoms with Crippen LogP contribution in [0.3, 0.4) is 0 Å². The van der Waals surface area contributed by atoms with Crippen LogP contribution in [0.25, 0.3) is 5.65 Å². The minimum Gasteiger partial charge on any atom is -0.355 e. The number of halogens is 3. The molecule has 10 heteroatoms. The molecular formula is C19H19F3N6O. The Kier molecular flexibility index (Phi) is 4.85. The lowest BCUT2D eigenvalue weighted by Gasteiger charge is -2.34. The van der Waals surface area contributed by atoms with Crippen molar-refractivity contribution in [2.45, 2.75) is 25.9 Å². The summed E-state index contributed by atoms with van der Waals surface area (Å²) < 4.78 is 40.7. The number of hydrogen-bond acceptors (Lipinski definition) is 5. The van der Waals surface area contributed by atoms with Gasteiger partial charge in [0.15, 0.2) is 11.3 Å². The van der Waals surface area contributed by atoms with E-state index in [0.29, 0.717) is 30.1 Å². The number of imidazole rings is 1. The first-order valence-corrected chi connectivity index (χ1v) is 9.21. The average Bonchev–Trinajstić information content (AvgIpc) is 3.12. The quantitative estimate of drug-likeness (QED) is 0.724. The molecule has 3 aromatic rings. The molecule has 1 aliphatic heterocycles. The predicted molar refractivity (Wildman–Crippen MR) is 101 cm³/mol. The zero-order valence-electron chi connectivity index (χ0n) is 15.6. The number of amides is 1. The summed E-state index contributed by atoms with van der Waals surface area (Å²) in [4.78, 5) is 22.5. The Bertz CT molecular complexity index is 1050. The van der Waals surface area contributed by atoms with Crippen LogP contribution in [0.4, 0.5) is 24.7 Å². The van der Waals surface area contributed by atoms with Crippen molar-refractivity contribution in [1.82, 2.24) is 19.6 Å². The van der Waals surface area contributed by atoms with Crippen LogP contribution in [0.15, 0.2) is 36.8 Å². The number of rotatable bonds is 3. The second-order valence-corrected chi connectivity index (χ2v) is 7.08. The highest BCUT2D eigenvalue weighted by Gasteiger charge is 2.42. The number of anilines is 2. The number of carbonyl (C=O) groups is 1. The summed E-state index contributed by atoms with van der Waals surface area (Å²) in [5.74, 6) is -1.41. The molecule has 29 heavy (non-hydrogen) atoms. The van der Waals surface area contributed by atoms with Gasteiger partial charge in [0.1, 0.15) is 5.82 Å². The number of hydrogen-bond donors (Lipinski definition) is 1. The van der Waals surface area contributed by atoms with Crippen LogP contribution in [-0.2, 0) is 0 Å². The minimum absolute atomic E-state index is 0.117. The molecule has 1 amide bonds. The topological polar surface area (TPSA) is 75.4 Å². The van der Waals surface area contributed by atoms with Gasteiger partial charge in [-0.1, -0.05) is 0 Å². The molecule has 0 bridgehead atoms. The fourth-order valence-corrected chi connectivity index (χ4v) is 3.44. The summed E-state index contributed by atoms with van der Waals surface area (Å²) in [7, 11) is 0. The number of aromatic nitrogens is 4. The van der Waals surface area contributed by atoms with Gasteiger partial charge in [0.05, 0.1) is 12.1 Å². The number of piperidine rings is 1. The van der Waals surface area contributed by atoms with Gasteiger partial charge >= 0.3 is 6.18 Å². The Balaban J connectivity index is 1.61. The molecule has 0 aliphatic carbocycles. The van der Waals surface area contributed by atoms with Gasteiger partial charge in [-0.15, -0.1) is 5.10 Å². The molecule has 1 atom stereocenters. The summed E-state index contributed by atoms with van der Waals surface area (Å²) in [5, 5.41) is 7.19. The van der Waals surface area contributed by atoms with E-state index in [1.165, 1.54) is 10.7 Å². The highest BCUT2D eigenvalue weighted by Crippen LogP contribution is 2.34. The Labute approximate surface area is 164 Å². The number of alkyl halides is 3. The lowest BCUT2D eigenvalue weighted by molar-refractivity contribution is -0.176. The molecule has 0 aromatic carbocycles. The fourth-order valence-electron chi connectivity index (χ4n) is 3.44. The largest absolute Gasteiger partial charge is 0.393 e. The zero-order chi connectivity index (χ0) is 20.6. The maximum atomic E-state index is 13.1. The van der Waals surface area contributed by atoms with Gasteiger partial charge in [-0.3, -0.25) is 9.78 Å². The monoisotopic (exact) mass is 404 g/mol. The molecule has 152 valence electrons. The van der Waals surface area contributed by atoms with Crippen LogP contribution in [0.1, 0.15) is 28.9 Å². The normalized spacial score (nSPS) is 17.5. The second kappa shape index (κ2) is 7.34. The average molecular weight is 404 g/mol. The van der Waals surface area contributed by atoms with E-state index in [1.807, 2.05) is 6.92 Å². The van der Waals surface area contributed by atoms with Gasteiger partial charge in [0.25, 0.3) is 5.91 Å². The SMILES string of the molecule is Cc1cnccc1NC(=O)c1cnc2ccc(N3CCCC(C(F)(F)F)C3)nn12. The van der Waals surface area contributed by atoms with Crippen molar-refractivity contribution in [2.24, 2.45) is 5.92 Å². The van der Waals surface area contributed by atoms with E-state index >= 15 is 0 Å². The maximum Gasteiger partial charge on any atom is 0.393 e. The summed E-state index contributed by atoms with van der Waals surface area (Å²) in [6, 6.07) is 4.96. The van der Waals surface area contributed by atoms with E-state index < -0.39 is 18.0 Å². The third-order valence-corrected chi connectivity index (χ3v) is 5.06. The van der Waals surface area contributed by atoms with Gasteiger partial charge < -0.3 is 10.2 Å². The maximum absolute atomic E-state index is 13.1. The first-order chi connectivity index (χ1) is 13.8. The van der Waals surface area contributed by atoms with Crippen molar-refractivity contribution in [3.63, 3.8) is 0 Å². The third-order valence-electron chi connectivity index (χ3n) is 5.06. The van der Waals surface area contributed by atoms with E-state index in [1.54, 1.807) is 35.5 Å². The van der Waals surface area contributed by atoms with Crippen LogP contribution < -0.4 is 10.2 Å². The highest BCUT2D eigenvalue weighted by molar-refractivity contribution is 6.03. The number of nitrogens with zero attached hydrogens (tertiary/aromatic N) is 5. The minimum atomic E-state index is -4.23. The summed E-state index contributed by atoms with van der Waals surface area (Å²) in [5.41, 5.74) is 2.05. The lowest BCUT2D eigenvalue weighted by Crippen LogP contribution is -2.42. The van der Waals surface area contributed by atoms with Gasteiger partial charge in [-0.2, -0.15) is 13.2 Å². The van der Waals surface area contributed by atoms with Crippen LogP contribution in [0.2, 0.25) is 0 Å². The lowest BCUT2D eigenvalue weighted by atomic mass is 9.97. The molecule has 4 rings (SSSR count). The molecule has 0 radical (unpaired) electrons. The first-order valence-electron chi connectivity index (χ1n) is 9.21. The van der Waals surface area contributed by atoms with Crippen molar-refractivity contribution in [3.8, 4) is 0 Å². The van der Waals surface area contributed by atoms with Gasteiger partial charge in [0.2, 0.25) is 0 Å². The summed E-state index contributed by atoms with van der Waals surface area (Å²) >= 11 is 0. The third kappa shape index (κ3) is 3.87. The number of aryl methyl sites for hydroxylation is 1. The van der Waals surface area contributed by atoms with E-state index in [-0.39, 0.29) is 18.7 Å². The van der Waals surface area contributed by atoms with Crippen LogP contribution in [0, 0.1) is 12.8 Å². The molecule has 0 saturated carbocycles. The Morgan fingerprint density at radius 1 is 1.24 bits per heavy atom. The van der Waals surface area contributed by atoms with Crippen molar-refractivity contribution in [2.75, 3.05) is 23.3 Å². The Morgan fingerprint density at radius 3 is 2.83 bits per heavy atom. The molecule has 4 heterocycles. The van der Waals surface area contributed by atoms with Crippen LogP contribution in [0.5, 0.6) is 0 Å². The Hall–Kier alpha value is -3.17. The van der Waals surface area contributed by atoms with Gasteiger partial charge in [0, 0.05) is 31.2 Å². The molecule has 1 aliphatic rings. The van der Waals surface area contributed by atoms with Crippen molar-refractivity contribution < 1.29 is 18.0 Å². The van der Waals surface area contributed by atoms with Crippen LogP contribution in [-0.4, -0.2) is 44.8 Å². The van der Waals surface area contributed by atoms with Gasteiger partial charge in [-0.05, 0) is 43.5 Å². The highest BCUT2D eigenvalue weighted by atomic mass is 19.4. The molecule has 1 fully saturated rings. The molecule has 1 N–H and O–H groups in total. The smallest absolute Gasteiger partial charge is 0.355 e. The fraction of sp³-hybridized carbons (Fsp3) is 0.368. The number of carbonyl (C=O) groups excluding carboxylic acids is 1. The summed E-state index contributed by atoms with van der Waals surface area (Å²) in [6.45, 7) is 2.16. The predicted octanol–water partition coefficient (Wildman–Crippen LogP) is 3.46. The van der Waals surface area contributed by atoms with Crippen LogP contribution >= 0.6 is 0 Å². The zero-order valence-corrected chi connectivity index (χ0v) is 15.6. The van der Waals surface area contributed by atoms with Crippen molar-refractivity contribution >= 4 is 23.1 Å². The van der Waals surface area contributed by atoms with Crippen molar-refractivity contribution in [3.05, 3.63) is 48.0 Å². The molecule has 7 nitrogen and oxygen atoms in total. The Morgan fingerprint density at radius 2 is 2.07 bits per heavy atom. The van der Waals surface area contributed by atoms with E-state index in [0.717, 1.165) is 5.56 Å². The molecule has 3 aromatic heterocycles. The molecule has 0 spiro atoms. The van der Waals surface area contributed by atoms with E-state index in [9.17, 15) is 18.0 Å². The van der Waals surface area contributed by atoms with E-state index in [2.05, 4.69) is 20.4 Å². The standard InChI is InChI=1S/C19H19F3N6O/c1-12-9-23-7-6-14(12)25-18(29)15-10-24-16-4-5-17(26-28(15)16)27-8-2-3-13(11-27)19(20,21)22/h4-7,9-10,13H,2-3,8,11H2,1H3,(H,23,25,29). The van der Waals surface area contributed by atoms with E-state index in [4.69, 9.17) is 0 Å². The van der Waals surface area contributed by atoms with Gasteiger partial charge in [-0.25, -0.2) is 9.50 Å². The first kappa shape index (κ1) is 19.2. The number of pyridine rings is 1. The molecule has 1 unspecified atom stereocenters. The molecular weight excluding hydrogens is 385 g/mol. The number of fused-ring (bicyclic) bond motifs is 1.